The first-order valence-electron chi connectivity index (χ1n) is 18.5. The van der Waals surface area contributed by atoms with Gasteiger partial charge in [-0.3, -0.25) is 9.35 Å². The molecule has 0 bridgehead atoms. The Kier molecular flexibility index (Phi) is 25.8. The standard InChI is InChI=1S/C36H65NO12S/c1-3-5-7-9-11-13-15-17-19-21-23-25-30(40)35(43)37-28(29(39)24-22-20-18-16-14-12-10-8-6-4-2)27-47-36-33(42)34(49-50(44,45)46)32(41)31(26-38)48-36/h6,8,14,16,22,24,28-34,36,38-42H,3-5,7,9-13,15,17-21,23,25-27H2,1-2H3,(H,37,43)(H,44,45,46)/b8-6+,16-14+,24-22+. The predicted molar refractivity (Wildman–Crippen MR) is 191 cm³/mol. The van der Waals surface area contributed by atoms with E-state index in [4.69, 9.17) is 14.0 Å². The summed E-state index contributed by atoms with van der Waals surface area (Å²) < 4.78 is 47.1. The van der Waals surface area contributed by atoms with Gasteiger partial charge in [-0.15, -0.1) is 0 Å². The summed E-state index contributed by atoms with van der Waals surface area (Å²) in [7, 11) is -5.11. The summed E-state index contributed by atoms with van der Waals surface area (Å²) in [6.07, 6.45) is 17.0. The van der Waals surface area contributed by atoms with E-state index in [2.05, 4.69) is 41.6 Å². The van der Waals surface area contributed by atoms with Gasteiger partial charge < -0.3 is 40.3 Å². The topological polar surface area (TPSA) is 212 Å². The van der Waals surface area contributed by atoms with Crippen LogP contribution < -0.4 is 5.32 Å². The number of carbonyl (C=O) groups is 1. The Labute approximate surface area is 299 Å². The molecule has 0 aromatic rings. The van der Waals surface area contributed by atoms with Crippen LogP contribution in [0.3, 0.4) is 0 Å². The van der Waals surface area contributed by atoms with Gasteiger partial charge in [-0.25, -0.2) is 4.18 Å². The highest BCUT2D eigenvalue weighted by atomic mass is 32.3. The van der Waals surface area contributed by atoms with Crippen LogP contribution in [-0.2, 0) is 28.9 Å². The van der Waals surface area contributed by atoms with Crippen LogP contribution in [0.5, 0.6) is 0 Å². The number of hydrogen-bond donors (Lipinski definition) is 7. The van der Waals surface area contributed by atoms with Crippen molar-refractivity contribution >= 4 is 16.3 Å². The van der Waals surface area contributed by atoms with Gasteiger partial charge in [-0.2, -0.15) is 8.42 Å². The zero-order chi connectivity index (χ0) is 37.2. The Hall–Kier alpha value is -1.72. The van der Waals surface area contributed by atoms with Crippen LogP contribution in [0.4, 0.5) is 0 Å². The summed E-state index contributed by atoms with van der Waals surface area (Å²) >= 11 is 0. The van der Waals surface area contributed by atoms with Crippen LogP contribution in [-0.4, -0.2) is 107 Å². The molecule has 8 atom stereocenters. The van der Waals surface area contributed by atoms with Crippen molar-refractivity contribution in [1.82, 2.24) is 5.32 Å². The fourth-order valence-electron chi connectivity index (χ4n) is 5.56. The molecule has 0 aliphatic carbocycles. The molecule has 1 saturated heterocycles. The van der Waals surface area contributed by atoms with Crippen molar-refractivity contribution < 1.29 is 57.0 Å². The molecule has 14 heteroatoms. The van der Waals surface area contributed by atoms with Crippen molar-refractivity contribution in [2.75, 3.05) is 13.2 Å². The molecule has 292 valence electrons. The summed E-state index contributed by atoms with van der Waals surface area (Å²) in [5.41, 5.74) is 0. The lowest BCUT2D eigenvalue weighted by Crippen LogP contribution is -2.61. The number of unbranched alkanes of at least 4 members (excludes halogenated alkanes) is 12. The zero-order valence-corrected chi connectivity index (χ0v) is 30.9. The Bertz CT molecular complexity index is 1070. The van der Waals surface area contributed by atoms with Crippen molar-refractivity contribution in [3.63, 3.8) is 0 Å². The van der Waals surface area contributed by atoms with E-state index in [1.807, 2.05) is 6.08 Å². The number of hydrogen-bond acceptors (Lipinski definition) is 11. The minimum atomic E-state index is -5.11. The molecule has 1 heterocycles. The Morgan fingerprint density at radius 1 is 0.820 bits per heavy atom. The van der Waals surface area contributed by atoms with Crippen molar-refractivity contribution in [2.24, 2.45) is 0 Å². The van der Waals surface area contributed by atoms with E-state index in [9.17, 15) is 38.7 Å². The van der Waals surface area contributed by atoms with Crippen LogP contribution in [0.25, 0.3) is 0 Å². The second kappa shape index (κ2) is 27.9. The maximum absolute atomic E-state index is 13.0. The lowest BCUT2D eigenvalue weighted by atomic mass is 9.99. The molecule has 0 radical (unpaired) electrons. The molecule has 50 heavy (non-hydrogen) atoms. The molecule has 0 saturated carbocycles. The average molecular weight is 736 g/mol. The van der Waals surface area contributed by atoms with Gasteiger partial charge in [0.05, 0.1) is 25.4 Å². The van der Waals surface area contributed by atoms with Crippen LogP contribution in [0.2, 0.25) is 0 Å². The van der Waals surface area contributed by atoms with E-state index >= 15 is 0 Å². The van der Waals surface area contributed by atoms with Crippen molar-refractivity contribution in [2.45, 2.75) is 172 Å². The summed E-state index contributed by atoms with van der Waals surface area (Å²) in [5, 5.41) is 54.6. The molecule has 1 rings (SSSR count). The predicted octanol–water partition coefficient (Wildman–Crippen LogP) is 4.18. The third-order valence-electron chi connectivity index (χ3n) is 8.52. The van der Waals surface area contributed by atoms with Crippen molar-refractivity contribution in [1.29, 1.82) is 0 Å². The Morgan fingerprint density at radius 2 is 1.36 bits per heavy atom. The molecule has 1 amide bonds. The number of nitrogens with one attached hydrogen (secondary N) is 1. The lowest BCUT2D eigenvalue weighted by Gasteiger charge is -2.41. The highest BCUT2D eigenvalue weighted by Gasteiger charge is 2.48. The largest absolute Gasteiger partial charge is 0.397 e. The monoisotopic (exact) mass is 735 g/mol. The lowest BCUT2D eigenvalue weighted by molar-refractivity contribution is -0.298. The van der Waals surface area contributed by atoms with E-state index in [1.54, 1.807) is 6.08 Å². The number of allylic oxidation sites excluding steroid dienone is 5. The van der Waals surface area contributed by atoms with Crippen LogP contribution in [0.1, 0.15) is 123 Å². The third-order valence-corrected chi connectivity index (χ3v) is 8.99. The van der Waals surface area contributed by atoms with Gasteiger partial charge in [0.2, 0.25) is 5.91 Å². The summed E-state index contributed by atoms with van der Waals surface area (Å²) in [6.45, 7) is 3.00. The highest BCUT2D eigenvalue weighted by Crippen LogP contribution is 2.26. The minimum absolute atomic E-state index is 0.234. The molecule has 1 fully saturated rings. The maximum atomic E-state index is 13.0. The SMILES string of the molecule is CC/C=C/CC/C=C/CC/C=C/C(O)C(COC1OC(CO)C(O)C(OS(=O)(=O)O)C1O)NC(=O)C(O)CCCCCCCCCCCCC. The molecular weight excluding hydrogens is 670 g/mol. The second-order valence-electron chi connectivity index (χ2n) is 12.9. The maximum Gasteiger partial charge on any atom is 0.397 e. The number of ether oxygens (including phenoxy) is 2. The summed E-state index contributed by atoms with van der Waals surface area (Å²) in [5.74, 6) is -0.723. The van der Waals surface area contributed by atoms with Gasteiger partial charge in [0.25, 0.3) is 0 Å². The van der Waals surface area contributed by atoms with Crippen molar-refractivity contribution in [3.05, 3.63) is 36.5 Å². The van der Waals surface area contributed by atoms with Gasteiger partial charge in [-0.05, 0) is 38.5 Å². The molecule has 0 aromatic carbocycles. The minimum Gasteiger partial charge on any atom is -0.394 e. The smallest absolute Gasteiger partial charge is 0.394 e. The van der Waals surface area contributed by atoms with Crippen LogP contribution >= 0.6 is 0 Å². The molecule has 0 spiro atoms. The number of aliphatic hydroxyl groups excluding tert-OH is 5. The van der Waals surface area contributed by atoms with Gasteiger partial charge in [-0.1, -0.05) is 121 Å². The third kappa shape index (κ3) is 21.0. The van der Waals surface area contributed by atoms with Gasteiger partial charge >= 0.3 is 10.4 Å². The molecule has 0 aromatic heterocycles. The fraction of sp³-hybridized carbons (Fsp3) is 0.806. The van der Waals surface area contributed by atoms with E-state index in [1.165, 1.54) is 51.0 Å². The van der Waals surface area contributed by atoms with Crippen LogP contribution in [0, 0.1) is 0 Å². The Balaban J connectivity index is 2.77. The average Bonchev–Trinajstić information content (AvgIpc) is 3.08. The first kappa shape index (κ1) is 46.3. The second-order valence-corrected chi connectivity index (χ2v) is 14.0. The quantitative estimate of drug-likeness (QED) is 0.0328. The molecule has 7 N–H and O–H groups in total. The number of rotatable bonds is 29. The molecule has 1 aliphatic heterocycles. The van der Waals surface area contributed by atoms with E-state index in [0.717, 1.165) is 44.9 Å². The number of aliphatic hydroxyl groups is 5. The zero-order valence-electron chi connectivity index (χ0n) is 30.1. The van der Waals surface area contributed by atoms with E-state index in [0.29, 0.717) is 12.8 Å². The van der Waals surface area contributed by atoms with E-state index < -0.39 is 78.5 Å². The van der Waals surface area contributed by atoms with E-state index in [-0.39, 0.29) is 6.42 Å². The number of carbonyl (C=O) groups excluding carboxylic acids is 1. The fourth-order valence-corrected chi connectivity index (χ4v) is 6.06. The van der Waals surface area contributed by atoms with Gasteiger partial charge in [0.15, 0.2) is 6.29 Å². The number of amides is 1. The Morgan fingerprint density at radius 3 is 1.90 bits per heavy atom. The van der Waals surface area contributed by atoms with Crippen molar-refractivity contribution in [3.8, 4) is 0 Å². The van der Waals surface area contributed by atoms with Gasteiger partial charge in [0.1, 0.15) is 30.5 Å². The molecular formula is C36H65NO12S. The molecule has 1 aliphatic rings. The molecule has 13 nitrogen and oxygen atoms in total. The first-order chi connectivity index (χ1) is 23.9. The summed E-state index contributed by atoms with van der Waals surface area (Å²) in [4.78, 5) is 13.0. The normalized spacial score (nSPS) is 23.6. The summed E-state index contributed by atoms with van der Waals surface area (Å²) in [6, 6.07) is -1.14. The first-order valence-corrected chi connectivity index (χ1v) is 19.8. The van der Waals surface area contributed by atoms with Gasteiger partial charge in [0, 0.05) is 0 Å². The highest BCUT2D eigenvalue weighted by molar-refractivity contribution is 7.80. The molecule has 8 unspecified atom stereocenters. The van der Waals surface area contributed by atoms with Crippen LogP contribution in [0.15, 0.2) is 36.5 Å².